The van der Waals surface area contributed by atoms with E-state index in [9.17, 15) is 8.42 Å². The van der Waals surface area contributed by atoms with Gasteiger partial charge >= 0.3 is 0 Å². The predicted octanol–water partition coefficient (Wildman–Crippen LogP) is 2.63. The van der Waals surface area contributed by atoms with Crippen LogP contribution in [0.25, 0.3) is 0 Å². The predicted molar refractivity (Wildman–Crippen MR) is 70.6 cm³/mol. The van der Waals surface area contributed by atoms with Crippen LogP contribution in [0.15, 0.2) is 23.1 Å². The maximum atomic E-state index is 12.0. The van der Waals surface area contributed by atoms with E-state index in [0.29, 0.717) is 17.4 Å². The molecular weight excluding hydrogens is 234 g/mol. The van der Waals surface area contributed by atoms with Crippen molar-refractivity contribution in [2.24, 2.45) is 5.92 Å². The van der Waals surface area contributed by atoms with Gasteiger partial charge in [0.15, 0.2) is 0 Å². The van der Waals surface area contributed by atoms with Crippen LogP contribution < -0.4 is 4.72 Å². The van der Waals surface area contributed by atoms with Crippen molar-refractivity contribution >= 4 is 10.0 Å². The lowest BCUT2D eigenvalue weighted by Crippen LogP contribution is -2.26. The molecule has 0 aliphatic carbocycles. The van der Waals surface area contributed by atoms with Gasteiger partial charge in [-0.15, -0.1) is 0 Å². The van der Waals surface area contributed by atoms with E-state index < -0.39 is 10.0 Å². The molecule has 0 saturated heterocycles. The Kier molecular flexibility index (Phi) is 4.71. The third-order valence-corrected chi connectivity index (χ3v) is 4.25. The lowest BCUT2D eigenvalue weighted by atomic mass is 10.1. The van der Waals surface area contributed by atoms with E-state index in [4.69, 9.17) is 0 Å². The topological polar surface area (TPSA) is 46.2 Å². The fourth-order valence-electron chi connectivity index (χ4n) is 1.66. The lowest BCUT2D eigenvalue weighted by molar-refractivity contribution is 0.551. The van der Waals surface area contributed by atoms with E-state index >= 15 is 0 Å². The summed E-state index contributed by atoms with van der Waals surface area (Å²) in [6.07, 6.45) is 0.851. The zero-order chi connectivity index (χ0) is 13.1. The van der Waals surface area contributed by atoms with Crippen molar-refractivity contribution in [1.82, 2.24) is 4.72 Å². The van der Waals surface area contributed by atoms with Crippen LogP contribution in [0, 0.1) is 19.8 Å². The molecule has 0 aliphatic rings. The number of hydrogen-bond acceptors (Lipinski definition) is 2. The SMILES string of the molecule is Cc1ccc(S(=O)(=O)NCCC(C)C)c(C)c1. The van der Waals surface area contributed by atoms with Crippen molar-refractivity contribution in [3.05, 3.63) is 29.3 Å². The minimum absolute atomic E-state index is 0.381. The van der Waals surface area contributed by atoms with E-state index in [1.807, 2.05) is 26.0 Å². The van der Waals surface area contributed by atoms with E-state index in [0.717, 1.165) is 17.5 Å². The van der Waals surface area contributed by atoms with Crippen molar-refractivity contribution in [2.75, 3.05) is 6.54 Å². The van der Waals surface area contributed by atoms with Crippen LogP contribution in [0.3, 0.4) is 0 Å². The molecule has 1 aromatic carbocycles. The molecule has 1 rings (SSSR count). The smallest absolute Gasteiger partial charge is 0.211 e. The molecule has 1 N–H and O–H groups in total. The van der Waals surface area contributed by atoms with Gasteiger partial charge in [0.2, 0.25) is 10.0 Å². The summed E-state index contributed by atoms with van der Waals surface area (Å²) in [7, 11) is -3.35. The summed E-state index contributed by atoms with van der Waals surface area (Å²) in [4.78, 5) is 0.381. The van der Waals surface area contributed by atoms with Gasteiger partial charge in [0.25, 0.3) is 0 Å². The Bertz CT molecular complexity index is 478. The first-order valence-corrected chi connectivity index (χ1v) is 7.38. The molecule has 1 aromatic rings. The Hall–Kier alpha value is -0.870. The number of benzene rings is 1. The number of nitrogens with one attached hydrogen (secondary N) is 1. The van der Waals surface area contributed by atoms with Crippen LogP contribution in [0.5, 0.6) is 0 Å². The molecule has 4 heteroatoms. The van der Waals surface area contributed by atoms with Gasteiger partial charge in [0, 0.05) is 6.54 Å². The molecule has 0 aliphatic heterocycles. The lowest BCUT2D eigenvalue weighted by Gasteiger charge is -2.10. The normalized spacial score (nSPS) is 12.1. The Balaban J connectivity index is 2.83. The van der Waals surface area contributed by atoms with Gasteiger partial charge in [0.05, 0.1) is 4.90 Å². The highest BCUT2D eigenvalue weighted by molar-refractivity contribution is 7.89. The van der Waals surface area contributed by atoms with Crippen LogP contribution in [0.2, 0.25) is 0 Å². The fourth-order valence-corrected chi connectivity index (χ4v) is 2.93. The number of sulfonamides is 1. The van der Waals surface area contributed by atoms with Crippen LogP contribution in [-0.4, -0.2) is 15.0 Å². The number of aryl methyl sites for hydroxylation is 2. The standard InChI is InChI=1S/C13H21NO2S/c1-10(2)7-8-14-17(15,16)13-6-5-11(3)9-12(13)4/h5-6,9-10,14H,7-8H2,1-4H3. The maximum absolute atomic E-state index is 12.0. The molecule has 0 saturated carbocycles. The zero-order valence-electron chi connectivity index (χ0n) is 10.9. The number of rotatable bonds is 5. The second-order valence-corrected chi connectivity index (χ2v) is 6.58. The third-order valence-electron chi connectivity index (χ3n) is 2.63. The van der Waals surface area contributed by atoms with Crippen LogP contribution in [0.4, 0.5) is 0 Å². The van der Waals surface area contributed by atoms with Crippen molar-refractivity contribution in [1.29, 1.82) is 0 Å². The summed E-state index contributed by atoms with van der Waals surface area (Å²) in [5.74, 6) is 0.497. The summed E-state index contributed by atoms with van der Waals surface area (Å²) in [6.45, 7) is 8.42. The first kappa shape index (κ1) is 14.2. The second kappa shape index (κ2) is 5.65. The summed E-state index contributed by atoms with van der Waals surface area (Å²) in [6, 6.07) is 5.38. The quantitative estimate of drug-likeness (QED) is 0.879. The molecule has 96 valence electrons. The van der Waals surface area contributed by atoms with Gasteiger partial charge in [-0.25, -0.2) is 13.1 Å². The van der Waals surface area contributed by atoms with Gasteiger partial charge in [-0.1, -0.05) is 31.5 Å². The van der Waals surface area contributed by atoms with E-state index in [1.54, 1.807) is 6.07 Å². The van der Waals surface area contributed by atoms with Crippen LogP contribution in [0.1, 0.15) is 31.4 Å². The molecule has 0 amide bonds. The highest BCUT2D eigenvalue weighted by Gasteiger charge is 2.15. The van der Waals surface area contributed by atoms with Crippen molar-refractivity contribution in [3.63, 3.8) is 0 Å². The second-order valence-electron chi connectivity index (χ2n) is 4.85. The molecule has 0 spiro atoms. The van der Waals surface area contributed by atoms with E-state index in [2.05, 4.69) is 18.6 Å². The average molecular weight is 255 g/mol. The Morgan fingerprint density at radius 2 is 1.88 bits per heavy atom. The highest BCUT2D eigenvalue weighted by Crippen LogP contribution is 2.16. The van der Waals surface area contributed by atoms with Crippen molar-refractivity contribution < 1.29 is 8.42 Å². The monoisotopic (exact) mass is 255 g/mol. The minimum Gasteiger partial charge on any atom is -0.211 e. The molecule has 0 heterocycles. The average Bonchev–Trinajstić information content (AvgIpc) is 2.15. The van der Waals surface area contributed by atoms with Gasteiger partial charge in [-0.05, 0) is 37.8 Å². The van der Waals surface area contributed by atoms with Gasteiger partial charge < -0.3 is 0 Å². The summed E-state index contributed by atoms with van der Waals surface area (Å²) < 4.78 is 26.7. The maximum Gasteiger partial charge on any atom is 0.240 e. The zero-order valence-corrected chi connectivity index (χ0v) is 11.8. The van der Waals surface area contributed by atoms with E-state index in [1.165, 1.54) is 0 Å². The molecular formula is C13H21NO2S. The molecule has 0 atom stereocenters. The molecule has 0 bridgehead atoms. The number of hydrogen-bond donors (Lipinski definition) is 1. The summed E-state index contributed by atoms with van der Waals surface area (Å²) in [5.41, 5.74) is 1.87. The highest BCUT2D eigenvalue weighted by atomic mass is 32.2. The first-order chi connectivity index (χ1) is 7.83. The first-order valence-electron chi connectivity index (χ1n) is 5.90. The van der Waals surface area contributed by atoms with E-state index in [-0.39, 0.29) is 0 Å². The van der Waals surface area contributed by atoms with Gasteiger partial charge in [0.1, 0.15) is 0 Å². The molecule has 0 fully saturated rings. The van der Waals surface area contributed by atoms with Crippen molar-refractivity contribution in [3.8, 4) is 0 Å². The Morgan fingerprint density at radius 1 is 1.24 bits per heavy atom. The van der Waals surface area contributed by atoms with Crippen LogP contribution in [-0.2, 0) is 10.0 Å². The third kappa shape index (κ3) is 4.13. The van der Waals surface area contributed by atoms with Gasteiger partial charge in [-0.2, -0.15) is 0 Å². The van der Waals surface area contributed by atoms with Crippen LogP contribution >= 0.6 is 0 Å². The Labute approximate surface area is 104 Å². The molecule has 0 unspecified atom stereocenters. The molecule has 0 radical (unpaired) electrons. The molecule has 0 aromatic heterocycles. The van der Waals surface area contributed by atoms with Crippen molar-refractivity contribution in [2.45, 2.75) is 39.0 Å². The summed E-state index contributed by atoms with van der Waals surface area (Å²) in [5, 5.41) is 0. The minimum atomic E-state index is -3.35. The molecule has 17 heavy (non-hydrogen) atoms. The fraction of sp³-hybridized carbons (Fsp3) is 0.538. The van der Waals surface area contributed by atoms with Gasteiger partial charge in [-0.3, -0.25) is 0 Å². The summed E-state index contributed by atoms with van der Waals surface area (Å²) >= 11 is 0. The Morgan fingerprint density at radius 3 is 2.41 bits per heavy atom. The molecule has 3 nitrogen and oxygen atoms in total. The largest absolute Gasteiger partial charge is 0.240 e.